The number of alkyl halides is 3. The van der Waals surface area contributed by atoms with Crippen molar-refractivity contribution in [3.8, 4) is 18.3 Å². The molecular formula is C19H14ClF3N6O. The quantitative estimate of drug-likeness (QED) is 0.574. The molecule has 1 atom stereocenters. The van der Waals surface area contributed by atoms with Crippen LogP contribution in [0.3, 0.4) is 0 Å². The maximum atomic E-state index is 13.1. The Morgan fingerprint density at radius 3 is 2.60 bits per heavy atom. The van der Waals surface area contributed by atoms with Gasteiger partial charge in [-0.2, -0.15) is 23.0 Å². The van der Waals surface area contributed by atoms with Crippen molar-refractivity contribution in [2.24, 2.45) is 0 Å². The van der Waals surface area contributed by atoms with Crippen LogP contribution >= 0.6 is 11.6 Å². The third-order valence-corrected chi connectivity index (χ3v) is 4.37. The van der Waals surface area contributed by atoms with Crippen molar-refractivity contribution in [3.05, 3.63) is 65.0 Å². The first kappa shape index (κ1) is 21.3. The number of carbonyl (C=O) groups is 1. The molecule has 0 aliphatic rings. The molecule has 0 spiro atoms. The molecule has 0 radical (unpaired) electrons. The van der Waals surface area contributed by atoms with Crippen molar-refractivity contribution in [1.29, 1.82) is 0 Å². The predicted molar refractivity (Wildman–Crippen MR) is 102 cm³/mol. The van der Waals surface area contributed by atoms with Gasteiger partial charge in [0.2, 0.25) is 0 Å². The van der Waals surface area contributed by atoms with E-state index in [1.807, 2.05) is 0 Å². The normalized spacial score (nSPS) is 12.3. The first-order valence-electron chi connectivity index (χ1n) is 8.52. The molecule has 0 N–H and O–H groups in total. The maximum absolute atomic E-state index is 13.1. The number of nitrogens with zero attached hydrogens (tertiary/aromatic N) is 6. The number of rotatable bonds is 5. The Morgan fingerprint density at radius 2 is 1.97 bits per heavy atom. The minimum atomic E-state index is -4.66. The molecule has 1 amide bonds. The van der Waals surface area contributed by atoms with E-state index in [0.717, 1.165) is 18.2 Å². The Bertz CT molecular complexity index is 1090. The zero-order chi connectivity index (χ0) is 21.9. The Kier molecular flexibility index (Phi) is 6.03. The summed E-state index contributed by atoms with van der Waals surface area (Å²) in [5.41, 5.74) is -1.29. The van der Waals surface area contributed by atoms with Crippen molar-refractivity contribution in [2.45, 2.75) is 19.1 Å². The molecule has 0 saturated carbocycles. The van der Waals surface area contributed by atoms with Gasteiger partial charge in [0.05, 0.1) is 18.2 Å². The number of halogens is 4. The van der Waals surface area contributed by atoms with Crippen molar-refractivity contribution in [1.82, 2.24) is 29.6 Å². The Labute approximate surface area is 174 Å². The van der Waals surface area contributed by atoms with Gasteiger partial charge in [-0.05, 0) is 31.2 Å². The molecule has 0 aliphatic carbocycles. The Balaban J connectivity index is 2.00. The molecule has 0 fully saturated rings. The number of aromatic nitrogens is 5. The van der Waals surface area contributed by atoms with Gasteiger partial charge in [-0.15, -0.1) is 6.42 Å². The molecule has 3 rings (SSSR count). The molecule has 30 heavy (non-hydrogen) atoms. The van der Waals surface area contributed by atoms with Crippen molar-refractivity contribution in [2.75, 3.05) is 6.54 Å². The second-order valence-corrected chi connectivity index (χ2v) is 6.55. The summed E-state index contributed by atoms with van der Waals surface area (Å²) < 4.78 is 40.7. The summed E-state index contributed by atoms with van der Waals surface area (Å²) in [7, 11) is 0. The van der Waals surface area contributed by atoms with Gasteiger partial charge in [-0.1, -0.05) is 17.5 Å². The molecule has 3 aromatic rings. The number of carbonyl (C=O) groups excluding carboxylic acids is 1. The third kappa shape index (κ3) is 4.41. The zero-order valence-electron chi connectivity index (χ0n) is 15.5. The Morgan fingerprint density at radius 1 is 1.27 bits per heavy atom. The summed E-state index contributed by atoms with van der Waals surface area (Å²) in [6.07, 6.45) is 5.00. The molecule has 11 heteroatoms. The smallest absolute Gasteiger partial charge is 0.318 e. The van der Waals surface area contributed by atoms with Crippen LogP contribution in [0.15, 0.2) is 43.0 Å². The lowest BCUT2D eigenvalue weighted by Gasteiger charge is -2.27. The van der Waals surface area contributed by atoms with Crippen LogP contribution in [0.1, 0.15) is 34.7 Å². The van der Waals surface area contributed by atoms with Gasteiger partial charge in [0.1, 0.15) is 6.33 Å². The van der Waals surface area contributed by atoms with Crippen LogP contribution in [-0.2, 0) is 6.18 Å². The molecule has 2 aromatic heterocycles. The zero-order valence-corrected chi connectivity index (χ0v) is 16.3. The number of hydrogen-bond acceptors (Lipinski definition) is 5. The molecule has 154 valence electrons. The molecule has 0 bridgehead atoms. The third-order valence-electron chi connectivity index (χ3n) is 4.15. The second-order valence-electron chi connectivity index (χ2n) is 6.12. The van der Waals surface area contributed by atoms with E-state index in [0.29, 0.717) is 0 Å². The van der Waals surface area contributed by atoms with Gasteiger partial charge in [0.25, 0.3) is 11.9 Å². The highest BCUT2D eigenvalue weighted by molar-refractivity contribution is 6.31. The van der Waals surface area contributed by atoms with Crippen molar-refractivity contribution in [3.63, 3.8) is 0 Å². The highest BCUT2D eigenvalue weighted by atomic mass is 35.5. The molecular weight excluding hydrogens is 421 g/mol. The number of terminal acetylenes is 1. The first-order valence-corrected chi connectivity index (χ1v) is 8.89. The monoisotopic (exact) mass is 434 g/mol. The first-order chi connectivity index (χ1) is 14.2. The lowest BCUT2D eigenvalue weighted by Crippen LogP contribution is -2.35. The lowest BCUT2D eigenvalue weighted by molar-refractivity contribution is -0.137. The lowest BCUT2D eigenvalue weighted by atomic mass is 10.1. The van der Waals surface area contributed by atoms with E-state index >= 15 is 0 Å². The number of hydrogen-bond donors (Lipinski definition) is 0. The highest BCUT2D eigenvalue weighted by Gasteiger charge is 2.33. The minimum absolute atomic E-state index is 0.184. The molecule has 0 saturated heterocycles. The minimum Gasteiger partial charge on any atom is -0.318 e. The fraction of sp³-hybridized carbons (Fsp3) is 0.211. The number of amides is 1. The van der Waals surface area contributed by atoms with Crippen LogP contribution < -0.4 is 0 Å². The molecule has 2 heterocycles. The van der Waals surface area contributed by atoms with Gasteiger partial charge in [0, 0.05) is 23.0 Å². The van der Waals surface area contributed by atoms with E-state index in [4.69, 9.17) is 18.0 Å². The van der Waals surface area contributed by atoms with E-state index in [9.17, 15) is 18.0 Å². The van der Waals surface area contributed by atoms with Crippen LogP contribution in [0, 0.1) is 12.3 Å². The van der Waals surface area contributed by atoms with Gasteiger partial charge >= 0.3 is 6.18 Å². The fourth-order valence-electron chi connectivity index (χ4n) is 2.75. The largest absolute Gasteiger partial charge is 0.416 e. The standard InChI is InChI=1S/C19H14ClF3N6O/c1-3-7-28(17(30)13-8-14(19(21,22)23)10-15(20)9-13)12(2)16-26-11-27-29(16)18-24-5-4-6-25-18/h1,4-6,8-12H,7H2,2H3. The summed E-state index contributed by atoms with van der Waals surface area (Å²) >= 11 is 5.81. The topological polar surface area (TPSA) is 76.8 Å². The van der Waals surface area contributed by atoms with Crippen LogP contribution in [0.25, 0.3) is 5.95 Å². The van der Waals surface area contributed by atoms with Crippen LogP contribution in [0.2, 0.25) is 5.02 Å². The van der Waals surface area contributed by atoms with Gasteiger partial charge in [0.15, 0.2) is 5.82 Å². The highest BCUT2D eigenvalue weighted by Crippen LogP contribution is 2.33. The van der Waals surface area contributed by atoms with Crippen LogP contribution in [0.4, 0.5) is 13.2 Å². The fourth-order valence-corrected chi connectivity index (χ4v) is 2.99. The summed E-state index contributed by atoms with van der Waals surface area (Å²) in [4.78, 5) is 26.6. The van der Waals surface area contributed by atoms with E-state index in [-0.39, 0.29) is 28.9 Å². The summed E-state index contributed by atoms with van der Waals surface area (Å²) in [6.45, 7) is 1.43. The molecule has 1 unspecified atom stereocenters. The maximum Gasteiger partial charge on any atom is 0.416 e. The summed E-state index contributed by atoms with van der Waals surface area (Å²) in [5, 5.41) is 3.84. The van der Waals surface area contributed by atoms with E-state index < -0.39 is 23.7 Å². The average Bonchev–Trinajstić information content (AvgIpc) is 3.20. The average molecular weight is 435 g/mol. The summed E-state index contributed by atoms with van der Waals surface area (Å²) in [6, 6.07) is 3.50. The van der Waals surface area contributed by atoms with Crippen molar-refractivity contribution < 1.29 is 18.0 Å². The number of benzene rings is 1. The van der Waals surface area contributed by atoms with Gasteiger partial charge in [-0.25, -0.2) is 15.0 Å². The molecule has 7 nitrogen and oxygen atoms in total. The SMILES string of the molecule is C#CCN(C(=O)c1cc(Cl)cc(C(F)(F)F)c1)C(C)c1ncnn1-c1ncccn1. The summed E-state index contributed by atoms with van der Waals surface area (Å²) in [5.74, 6) is 2.10. The van der Waals surface area contributed by atoms with Crippen LogP contribution in [-0.4, -0.2) is 42.1 Å². The van der Waals surface area contributed by atoms with E-state index in [2.05, 4.69) is 26.0 Å². The Hall–Kier alpha value is -3.45. The van der Waals surface area contributed by atoms with Crippen LogP contribution in [0.5, 0.6) is 0 Å². The molecule has 1 aromatic carbocycles. The van der Waals surface area contributed by atoms with E-state index in [1.165, 1.54) is 28.3 Å². The van der Waals surface area contributed by atoms with Gasteiger partial charge in [-0.3, -0.25) is 4.79 Å². The second kappa shape index (κ2) is 8.51. The molecule has 0 aliphatic heterocycles. The van der Waals surface area contributed by atoms with E-state index in [1.54, 1.807) is 13.0 Å². The predicted octanol–water partition coefficient (Wildman–Crippen LogP) is 3.57. The van der Waals surface area contributed by atoms with Gasteiger partial charge < -0.3 is 4.90 Å². The van der Waals surface area contributed by atoms with Crippen molar-refractivity contribution >= 4 is 17.5 Å².